The quantitative estimate of drug-likeness (QED) is 0.827. The van der Waals surface area contributed by atoms with Gasteiger partial charge in [-0.05, 0) is 19.1 Å². The number of halogens is 1. The third-order valence-electron chi connectivity index (χ3n) is 2.20. The fraction of sp³-hybridized carbons (Fsp3) is 0.250. The van der Waals surface area contributed by atoms with Crippen molar-refractivity contribution in [2.24, 2.45) is 0 Å². The summed E-state index contributed by atoms with van der Waals surface area (Å²) >= 11 is 7.53. The van der Waals surface area contributed by atoms with Gasteiger partial charge in [0.1, 0.15) is 0 Å². The Labute approximate surface area is 104 Å². The third kappa shape index (κ3) is 2.43. The highest BCUT2D eigenvalue weighted by molar-refractivity contribution is 7.12. The van der Waals surface area contributed by atoms with Crippen LogP contribution in [0.5, 0.6) is 0 Å². The van der Waals surface area contributed by atoms with Gasteiger partial charge >= 0.3 is 0 Å². The first kappa shape index (κ1) is 11.6. The minimum absolute atomic E-state index is 0.601. The zero-order valence-corrected chi connectivity index (χ0v) is 10.7. The fourth-order valence-corrected chi connectivity index (χ4v) is 2.59. The van der Waals surface area contributed by atoms with E-state index in [2.05, 4.69) is 4.98 Å². The number of rotatable bonds is 3. The van der Waals surface area contributed by atoms with Crippen LogP contribution in [0.2, 0.25) is 5.02 Å². The molecule has 2 rings (SSSR count). The number of nitrogens with zero attached hydrogens (tertiary/aromatic N) is 1. The molecule has 2 nitrogen and oxygen atoms in total. The predicted molar refractivity (Wildman–Crippen MR) is 68.0 cm³/mol. The monoisotopic (exact) mass is 253 g/mol. The Hall–Kier alpha value is -0.900. The fourth-order valence-electron chi connectivity index (χ4n) is 1.53. The second kappa shape index (κ2) is 4.95. The van der Waals surface area contributed by atoms with E-state index in [1.807, 2.05) is 31.2 Å². The molecule has 0 aliphatic carbocycles. The Morgan fingerprint density at radius 3 is 2.62 bits per heavy atom. The van der Waals surface area contributed by atoms with E-state index in [0.717, 1.165) is 26.2 Å². The second-order valence-corrected chi connectivity index (χ2v) is 5.17. The van der Waals surface area contributed by atoms with E-state index >= 15 is 0 Å². The molecule has 0 radical (unpaired) electrons. The molecule has 1 heterocycles. The summed E-state index contributed by atoms with van der Waals surface area (Å²) in [7, 11) is 1.70. The first-order chi connectivity index (χ1) is 7.70. The molecule has 0 saturated heterocycles. The number of aromatic nitrogens is 1. The van der Waals surface area contributed by atoms with Gasteiger partial charge in [0.2, 0.25) is 0 Å². The SMILES string of the molecule is COCc1sc(C)nc1-c1ccc(Cl)cc1. The van der Waals surface area contributed by atoms with Gasteiger partial charge in [0.25, 0.3) is 0 Å². The van der Waals surface area contributed by atoms with Gasteiger partial charge in [0, 0.05) is 17.7 Å². The van der Waals surface area contributed by atoms with Crippen LogP contribution in [0.3, 0.4) is 0 Å². The maximum Gasteiger partial charge on any atom is 0.0905 e. The van der Waals surface area contributed by atoms with Crippen molar-refractivity contribution in [3.05, 3.63) is 39.2 Å². The van der Waals surface area contributed by atoms with Crippen molar-refractivity contribution in [1.82, 2.24) is 4.98 Å². The summed E-state index contributed by atoms with van der Waals surface area (Å²) in [4.78, 5) is 5.68. The van der Waals surface area contributed by atoms with Crippen LogP contribution < -0.4 is 0 Å². The van der Waals surface area contributed by atoms with E-state index in [1.165, 1.54) is 0 Å². The Bertz CT molecular complexity index is 478. The number of benzene rings is 1. The standard InChI is InChI=1S/C12H12ClNOS/c1-8-14-12(11(16-8)7-15-2)9-3-5-10(13)6-4-9/h3-6H,7H2,1-2H3. The van der Waals surface area contributed by atoms with Gasteiger partial charge in [-0.1, -0.05) is 23.7 Å². The van der Waals surface area contributed by atoms with Crippen LogP contribution in [0, 0.1) is 6.92 Å². The molecule has 0 unspecified atom stereocenters. The molecule has 0 bridgehead atoms. The number of hydrogen-bond donors (Lipinski definition) is 0. The van der Waals surface area contributed by atoms with Crippen molar-refractivity contribution in [3.8, 4) is 11.3 Å². The van der Waals surface area contributed by atoms with Crippen molar-refractivity contribution < 1.29 is 4.74 Å². The molecule has 1 aromatic heterocycles. The molecule has 0 saturated carbocycles. The van der Waals surface area contributed by atoms with Crippen molar-refractivity contribution in [1.29, 1.82) is 0 Å². The highest BCUT2D eigenvalue weighted by Crippen LogP contribution is 2.29. The van der Waals surface area contributed by atoms with E-state index in [0.29, 0.717) is 6.61 Å². The van der Waals surface area contributed by atoms with Crippen molar-refractivity contribution in [3.63, 3.8) is 0 Å². The molecule has 0 aliphatic heterocycles. The predicted octanol–water partition coefficient (Wildman–Crippen LogP) is 3.92. The molecule has 0 aliphatic rings. The number of ether oxygens (including phenoxy) is 1. The van der Waals surface area contributed by atoms with Crippen LogP contribution in [0.25, 0.3) is 11.3 Å². The lowest BCUT2D eigenvalue weighted by Crippen LogP contribution is -1.87. The lowest BCUT2D eigenvalue weighted by Gasteiger charge is -2.01. The van der Waals surface area contributed by atoms with Crippen LogP contribution >= 0.6 is 22.9 Å². The number of thiazole rings is 1. The Balaban J connectivity index is 2.42. The Morgan fingerprint density at radius 1 is 1.31 bits per heavy atom. The molecular formula is C12H12ClNOS. The maximum atomic E-state index is 5.86. The molecule has 0 spiro atoms. The molecule has 84 valence electrons. The largest absolute Gasteiger partial charge is 0.379 e. The molecule has 4 heteroatoms. The highest BCUT2D eigenvalue weighted by Gasteiger charge is 2.10. The van der Waals surface area contributed by atoms with Crippen LogP contribution in [0.4, 0.5) is 0 Å². The average Bonchev–Trinajstić information content (AvgIpc) is 2.61. The van der Waals surface area contributed by atoms with Crippen molar-refractivity contribution >= 4 is 22.9 Å². The van der Waals surface area contributed by atoms with Gasteiger partial charge in [0.15, 0.2) is 0 Å². The third-order valence-corrected chi connectivity index (χ3v) is 3.39. The minimum atomic E-state index is 0.601. The van der Waals surface area contributed by atoms with E-state index in [4.69, 9.17) is 16.3 Å². The number of hydrogen-bond acceptors (Lipinski definition) is 3. The highest BCUT2D eigenvalue weighted by atomic mass is 35.5. The summed E-state index contributed by atoms with van der Waals surface area (Å²) in [5, 5.41) is 1.79. The number of methoxy groups -OCH3 is 1. The van der Waals surface area contributed by atoms with Crippen molar-refractivity contribution in [2.75, 3.05) is 7.11 Å². The summed E-state index contributed by atoms with van der Waals surface area (Å²) in [6.07, 6.45) is 0. The second-order valence-electron chi connectivity index (χ2n) is 3.44. The first-order valence-corrected chi connectivity index (χ1v) is 6.11. The average molecular weight is 254 g/mol. The minimum Gasteiger partial charge on any atom is -0.379 e. The zero-order valence-electron chi connectivity index (χ0n) is 9.16. The van der Waals surface area contributed by atoms with E-state index < -0.39 is 0 Å². The van der Waals surface area contributed by atoms with Gasteiger partial charge in [-0.3, -0.25) is 0 Å². The van der Waals surface area contributed by atoms with Crippen LogP contribution in [0.1, 0.15) is 9.88 Å². The number of aryl methyl sites for hydroxylation is 1. The Kier molecular flexibility index (Phi) is 3.59. The summed E-state index contributed by atoms with van der Waals surface area (Å²) in [6, 6.07) is 7.72. The molecule has 0 amide bonds. The molecule has 16 heavy (non-hydrogen) atoms. The summed E-state index contributed by atoms with van der Waals surface area (Å²) in [6.45, 7) is 2.60. The molecule has 0 atom stereocenters. The van der Waals surface area contributed by atoms with Gasteiger partial charge in [-0.2, -0.15) is 0 Å². The summed E-state index contributed by atoms with van der Waals surface area (Å²) in [5.74, 6) is 0. The Morgan fingerprint density at radius 2 is 2.00 bits per heavy atom. The smallest absolute Gasteiger partial charge is 0.0905 e. The first-order valence-electron chi connectivity index (χ1n) is 4.92. The normalized spacial score (nSPS) is 10.7. The molecular weight excluding hydrogens is 242 g/mol. The van der Waals surface area contributed by atoms with E-state index in [1.54, 1.807) is 18.4 Å². The zero-order chi connectivity index (χ0) is 11.5. The van der Waals surface area contributed by atoms with E-state index in [9.17, 15) is 0 Å². The lowest BCUT2D eigenvalue weighted by molar-refractivity contribution is 0.188. The van der Waals surface area contributed by atoms with Gasteiger partial charge in [-0.25, -0.2) is 4.98 Å². The topological polar surface area (TPSA) is 22.1 Å². The lowest BCUT2D eigenvalue weighted by atomic mass is 10.1. The maximum absolute atomic E-state index is 5.86. The molecule has 0 fully saturated rings. The van der Waals surface area contributed by atoms with Gasteiger partial charge in [0.05, 0.1) is 22.2 Å². The van der Waals surface area contributed by atoms with E-state index in [-0.39, 0.29) is 0 Å². The van der Waals surface area contributed by atoms with Crippen LogP contribution in [-0.4, -0.2) is 12.1 Å². The summed E-state index contributed by atoms with van der Waals surface area (Å²) < 4.78 is 5.17. The van der Waals surface area contributed by atoms with Crippen LogP contribution in [0.15, 0.2) is 24.3 Å². The summed E-state index contributed by atoms with van der Waals surface area (Å²) in [5.41, 5.74) is 2.09. The van der Waals surface area contributed by atoms with Crippen molar-refractivity contribution in [2.45, 2.75) is 13.5 Å². The molecule has 1 aromatic carbocycles. The molecule has 0 N–H and O–H groups in total. The van der Waals surface area contributed by atoms with Crippen LogP contribution in [-0.2, 0) is 11.3 Å². The van der Waals surface area contributed by atoms with Gasteiger partial charge < -0.3 is 4.74 Å². The van der Waals surface area contributed by atoms with Gasteiger partial charge in [-0.15, -0.1) is 11.3 Å². The molecule has 2 aromatic rings.